The van der Waals surface area contributed by atoms with Crippen molar-refractivity contribution < 1.29 is 5.11 Å². The van der Waals surface area contributed by atoms with Crippen molar-refractivity contribution in [2.24, 2.45) is 0 Å². The Bertz CT molecular complexity index is 174. The summed E-state index contributed by atoms with van der Waals surface area (Å²) in [5, 5.41) is 8.50. The molecule has 0 atom stereocenters. The molecule has 0 saturated heterocycles. The quantitative estimate of drug-likeness (QED) is 0.667. The van der Waals surface area contributed by atoms with Crippen LogP contribution in [0.15, 0.2) is 18.3 Å². The molecule has 1 aromatic heterocycles. The Morgan fingerprint density at radius 3 is 3.10 bits per heavy atom. The average Bonchev–Trinajstić information content (AvgIpc) is 2.03. The minimum Gasteiger partial charge on any atom is -0.396 e. The van der Waals surface area contributed by atoms with Crippen LogP contribution in [0.1, 0.15) is 12.0 Å². The lowest BCUT2D eigenvalue weighted by Crippen LogP contribution is -1.88. The van der Waals surface area contributed by atoms with Crippen LogP contribution in [0.3, 0.4) is 0 Å². The van der Waals surface area contributed by atoms with E-state index in [4.69, 9.17) is 5.11 Å². The Hall–Kier alpha value is -0.890. The van der Waals surface area contributed by atoms with Crippen LogP contribution in [-0.2, 0) is 6.42 Å². The van der Waals surface area contributed by atoms with Crippen molar-refractivity contribution in [3.05, 3.63) is 30.1 Å². The van der Waals surface area contributed by atoms with E-state index in [9.17, 15) is 0 Å². The predicted octanol–water partition coefficient (Wildman–Crippen LogP) is 0.807. The Morgan fingerprint density at radius 1 is 1.60 bits per heavy atom. The standard InChI is InChI=1S/C8H10NO/c10-7-1-2-8-3-5-9-6-4-8/h3-5,10H,1-2,7H2. The highest BCUT2D eigenvalue weighted by molar-refractivity contribution is 5.08. The number of nitrogens with zero attached hydrogens (tertiary/aromatic N) is 1. The van der Waals surface area contributed by atoms with Crippen LogP contribution in [0, 0.1) is 6.20 Å². The molecule has 53 valence electrons. The molecule has 0 spiro atoms. The molecule has 0 aliphatic rings. The molecule has 0 aliphatic carbocycles. The smallest absolute Gasteiger partial charge is 0.0888 e. The third kappa shape index (κ3) is 2.15. The number of aliphatic hydroxyl groups is 1. The van der Waals surface area contributed by atoms with Gasteiger partial charge in [0.15, 0.2) is 0 Å². The Balaban J connectivity index is 2.43. The van der Waals surface area contributed by atoms with Gasteiger partial charge >= 0.3 is 0 Å². The van der Waals surface area contributed by atoms with Crippen molar-refractivity contribution >= 4 is 0 Å². The fourth-order valence-corrected chi connectivity index (χ4v) is 0.783. The zero-order valence-electron chi connectivity index (χ0n) is 5.75. The molecule has 1 rings (SSSR count). The van der Waals surface area contributed by atoms with Gasteiger partial charge in [0.1, 0.15) is 0 Å². The molecule has 0 aromatic carbocycles. The molecule has 0 saturated carbocycles. The second kappa shape index (κ2) is 4.01. The molecule has 0 bridgehead atoms. The maximum atomic E-state index is 8.50. The van der Waals surface area contributed by atoms with Gasteiger partial charge < -0.3 is 5.11 Å². The molecule has 10 heavy (non-hydrogen) atoms. The second-order valence-corrected chi connectivity index (χ2v) is 2.12. The van der Waals surface area contributed by atoms with Gasteiger partial charge in [-0.1, -0.05) is 0 Å². The summed E-state index contributed by atoms with van der Waals surface area (Å²) in [6, 6.07) is 3.78. The summed E-state index contributed by atoms with van der Waals surface area (Å²) in [5.74, 6) is 0. The van der Waals surface area contributed by atoms with Crippen LogP contribution >= 0.6 is 0 Å². The first-order chi connectivity index (χ1) is 4.93. The van der Waals surface area contributed by atoms with Crippen LogP contribution in [0.2, 0.25) is 0 Å². The van der Waals surface area contributed by atoms with Gasteiger partial charge in [0.25, 0.3) is 0 Å². The van der Waals surface area contributed by atoms with E-state index < -0.39 is 0 Å². The average molecular weight is 136 g/mol. The summed E-state index contributed by atoms with van der Waals surface area (Å²) in [4.78, 5) is 3.77. The third-order valence-electron chi connectivity index (χ3n) is 1.31. The van der Waals surface area contributed by atoms with E-state index in [1.165, 1.54) is 5.56 Å². The van der Waals surface area contributed by atoms with Gasteiger partial charge in [-0.05, 0) is 30.5 Å². The van der Waals surface area contributed by atoms with Crippen molar-refractivity contribution in [1.82, 2.24) is 4.98 Å². The summed E-state index contributed by atoms with van der Waals surface area (Å²) in [5.41, 5.74) is 1.18. The van der Waals surface area contributed by atoms with E-state index in [-0.39, 0.29) is 6.61 Å². The Morgan fingerprint density at radius 2 is 2.50 bits per heavy atom. The molecule has 0 aliphatic heterocycles. The molecule has 2 nitrogen and oxygen atoms in total. The number of aryl methyl sites for hydroxylation is 1. The molecule has 1 heterocycles. The predicted molar refractivity (Wildman–Crippen MR) is 38.5 cm³/mol. The highest BCUT2D eigenvalue weighted by atomic mass is 16.2. The van der Waals surface area contributed by atoms with Gasteiger partial charge in [-0.2, -0.15) is 0 Å². The number of aliphatic hydroxyl groups excluding tert-OH is 1. The molecule has 0 fully saturated rings. The van der Waals surface area contributed by atoms with Crippen molar-refractivity contribution in [3.8, 4) is 0 Å². The van der Waals surface area contributed by atoms with Gasteiger partial charge in [-0.25, -0.2) is 0 Å². The normalized spacial score (nSPS) is 9.70. The molecule has 1 N–H and O–H groups in total. The summed E-state index contributed by atoms with van der Waals surface area (Å²) in [7, 11) is 0. The fraction of sp³-hybridized carbons (Fsp3) is 0.375. The summed E-state index contributed by atoms with van der Waals surface area (Å²) in [6.07, 6.45) is 6.18. The molecular weight excluding hydrogens is 126 g/mol. The van der Waals surface area contributed by atoms with E-state index in [0.29, 0.717) is 0 Å². The fourth-order valence-electron chi connectivity index (χ4n) is 0.783. The van der Waals surface area contributed by atoms with Crippen molar-refractivity contribution in [1.29, 1.82) is 0 Å². The number of hydrogen-bond acceptors (Lipinski definition) is 2. The minimum absolute atomic E-state index is 0.252. The van der Waals surface area contributed by atoms with Crippen LogP contribution in [0.5, 0.6) is 0 Å². The van der Waals surface area contributed by atoms with Gasteiger partial charge in [-0.3, -0.25) is 4.98 Å². The number of aromatic nitrogens is 1. The van der Waals surface area contributed by atoms with Crippen LogP contribution in [-0.4, -0.2) is 16.7 Å². The zero-order valence-corrected chi connectivity index (χ0v) is 5.75. The Kier molecular flexibility index (Phi) is 2.90. The maximum Gasteiger partial charge on any atom is 0.0888 e. The third-order valence-corrected chi connectivity index (χ3v) is 1.31. The molecule has 1 radical (unpaired) electrons. The number of rotatable bonds is 3. The van der Waals surface area contributed by atoms with Gasteiger partial charge in [0, 0.05) is 12.8 Å². The monoisotopic (exact) mass is 136 g/mol. The van der Waals surface area contributed by atoms with E-state index in [2.05, 4.69) is 11.2 Å². The lowest BCUT2D eigenvalue weighted by Gasteiger charge is -1.95. The lowest BCUT2D eigenvalue weighted by molar-refractivity contribution is 0.288. The maximum absolute atomic E-state index is 8.50. The van der Waals surface area contributed by atoms with Crippen LogP contribution in [0.25, 0.3) is 0 Å². The summed E-state index contributed by atoms with van der Waals surface area (Å²) >= 11 is 0. The first-order valence-electron chi connectivity index (χ1n) is 3.35. The van der Waals surface area contributed by atoms with Gasteiger partial charge in [0.2, 0.25) is 0 Å². The summed E-state index contributed by atoms with van der Waals surface area (Å²) in [6.45, 7) is 0.252. The SMILES string of the molecule is OCCCc1c[c]ncc1. The topological polar surface area (TPSA) is 33.1 Å². The van der Waals surface area contributed by atoms with E-state index in [0.717, 1.165) is 12.8 Å². The van der Waals surface area contributed by atoms with Crippen molar-refractivity contribution in [2.45, 2.75) is 12.8 Å². The number of pyridine rings is 1. The van der Waals surface area contributed by atoms with Crippen molar-refractivity contribution in [3.63, 3.8) is 0 Å². The Labute approximate surface area is 60.5 Å². The first-order valence-corrected chi connectivity index (χ1v) is 3.35. The molecular formula is C8H10NO. The number of hydrogen-bond donors (Lipinski definition) is 1. The lowest BCUT2D eigenvalue weighted by atomic mass is 10.1. The zero-order chi connectivity index (χ0) is 7.23. The molecule has 2 heteroatoms. The van der Waals surface area contributed by atoms with Gasteiger partial charge in [0.05, 0.1) is 6.20 Å². The van der Waals surface area contributed by atoms with Crippen LogP contribution in [0.4, 0.5) is 0 Å². The van der Waals surface area contributed by atoms with E-state index in [1.54, 1.807) is 6.20 Å². The summed E-state index contributed by atoms with van der Waals surface area (Å²) < 4.78 is 0. The largest absolute Gasteiger partial charge is 0.396 e. The highest BCUT2D eigenvalue weighted by Crippen LogP contribution is 1.98. The molecule has 0 unspecified atom stereocenters. The highest BCUT2D eigenvalue weighted by Gasteiger charge is 1.88. The van der Waals surface area contributed by atoms with E-state index >= 15 is 0 Å². The van der Waals surface area contributed by atoms with E-state index in [1.807, 2.05) is 12.1 Å². The first kappa shape index (κ1) is 7.22. The molecule has 1 aromatic rings. The van der Waals surface area contributed by atoms with Crippen LogP contribution < -0.4 is 0 Å². The van der Waals surface area contributed by atoms with Gasteiger partial charge in [-0.15, -0.1) is 0 Å². The second-order valence-electron chi connectivity index (χ2n) is 2.12. The minimum atomic E-state index is 0.252. The molecule has 0 amide bonds. The van der Waals surface area contributed by atoms with Crippen molar-refractivity contribution in [2.75, 3.05) is 6.61 Å².